The number of hydrogen-bond acceptors (Lipinski definition) is 7. The molecule has 0 spiro atoms. The first-order valence-corrected chi connectivity index (χ1v) is 11.9. The number of rotatable bonds is 7. The Morgan fingerprint density at radius 1 is 1.00 bits per heavy atom. The fraction of sp³-hybridized carbons (Fsp3) is 0.296. The molecular weight excluding hydrogens is 444 g/mol. The molecule has 0 aliphatic heterocycles. The maximum absolute atomic E-state index is 9.38. The van der Waals surface area contributed by atoms with Gasteiger partial charge >= 0.3 is 0 Å². The summed E-state index contributed by atoms with van der Waals surface area (Å²) in [5.41, 5.74) is 2.46. The van der Waals surface area contributed by atoms with Gasteiger partial charge in [0.2, 0.25) is 0 Å². The molecular formula is C27H28N4O2S. The molecule has 6 nitrogen and oxygen atoms in total. The van der Waals surface area contributed by atoms with E-state index in [0.29, 0.717) is 17.3 Å². The number of hydrogen-bond donors (Lipinski definition) is 1. The SMILES string of the molecule is COc1cc2nc(C)nc(N[C@@H](C)c3ccc(-c4ccc(C(C)(C)C#N)cc4)s3)c2cc1OC. The second-order valence-corrected chi connectivity index (χ2v) is 9.84. The number of benzene rings is 2. The minimum absolute atomic E-state index is 0.0427. The van der Waals surface area contributed by atoms with Gasteiger partial charge in [-0.3, -0.25) is 0 Å². The van der Waals surface area contributed by atoms with Gasteiger partial charge in [0.1, 0.15) is 11.6 Å². The van der Waals surface area contributed by atoms with Crippen LogP contribution in [0, 0.1) is 18.3 Å². The molecule has 0 saturated heterocycles. The van der Waals surface area contributed by atoms with Crippen molar-refractivity contribution in [2.75, 3.05) is 19.5 Å². The molecule has 0 aliphatic carbocycles. The third-order valence-electron chi connectivity index (χ3n) is 5.89. The highest BCUT2D eigenvalue weighted by Crippen LogP contribution is 2.37. The zero-order valence-electron chi connectivity index (χ0n) is 20.3. The first-order chi connectivity index (χ1) is 16.2. The van der Waals surface area contributed by atoms with Gasteiger partial charge in [-0.1, -0.05) is 24.3 Å². The molecule has 4 aromatic rings. The zero-order chi connectivity index (χ0) is 24.5. The van der Waals surface area contributed by atoms with Crippen molar-refractivity contribution in [3.8, 4) is 28.0 Å². The van der Waals surface area contributed by atoms with E-state index in [0.717, 1.165) is 27.8 Å². The Labute approximate surface area is 204 Å². The number of thiophene rings is 1. The number of nitrogens with one attached hydrogen (secondary N) is 1. The van der Waals surface area contributed by atoms with Gasteiger partial charge in [0.05, 0.1) is 37.3 Å². The van der Waals surface area contributed by atoms with Crippen molar-refractivity contribution in [1.29, 1.82) is 5.26 Å². The summed E-state index contributed by atoms with van der Waals surface area (Å²) in [7, 11) is 3.24. The topological polar surface area (TPSA) is 80.1 Å². The van der Waals surface area contributed by atoms with Crippen molar-refractivity contribution < 1.29 is 9.47 Å². The first kappa shape index (κ1) is 23.5. The van der Waals surface area contributed by atoms with E-state index < -0.39 is 5.41 Å². The van der Waals surface area contributed by atoms with Crippen molar-refractivity contribution in [2.24, 2.45) is 0 Å². The molecule has 0 aliphatic rings. The number of fused-ring (bicyclic) bond motifs is 1. The number of anilines is 1. The summed E-state index contributed by atoms with van der Waals surface area (Å²) in [5, 5.41) is 13.8. The molecule has 174 valence electrons. The van der Waals surface area contributed by atoms with Crippen LogP contribution in [-0.2, 0) is 5.41 Å². The van der Waals surface area contributed by atoms with Crippen molar-refractivity contribution in [2.45, 2.75) is 39.2 Å². The summed E-state index contributed by atoms with van der Waals surface area (Å²) in [4.78, 5) is 11.6. The van der Waals surface area contributed by atoms with E-state index in [4.69, 9.17) is 9.47 Å². The molecule has 4 rings (SSSR count). The van der Waals surface area contributed by atoms with Crippen LogP contribution in [0.1, 0.15) is 43.1 Å². The lowest BCUT2D eigenvalue weighted by Crippen LogP contribution is -2.13. The van der Waals surface area contributed by atoms with E-state index in [1.54, 1.807) is 25.6 Å². The third-order valence-corrected chi connectivity index (χ3v) is 7.21. The minimum Gasteiger partial charge on any atom is -0.493 e. The fourth-order valence-electron chi connectivity index (χ4n) is 3.81. The molecule has 1 atom stereocenters. The highest BCUT2D eigenvalue weighted by Gasteiger charge is 2.20. The largest absolute Gasteiger partial charge is 0.493 e. The molecule has 0 saturated carbocycles. The van der Waals surface area contributed by atoms with Crippen molar-refractivity contribution in [3.05, 3.63) is 64.8 Å². The summed E-state index contributed by atoms with van der Waals surface area (Å²) in [5.74, 6) is 2.72. The summed E-state index contributed by atoms with van der Waals surface area (Å²) < 4.78 is 10.9. The second kappa shape index (κ2) is 9.32. The normalized spacial score (nSPS) is 12.3. The summed E-state index contributed by atoms with van der Waals surface area (Å²) >= 11 is 1.74. The monoisotopic (exact) mass is 472 g/mol. The van der Waals surface area contributed by atoms with Gasteiger partial charge in [0, 0.05) is 21.2 Å². The number of methoxy groups -OCH3 is 2. The highest BCUT2D eigenvalue weighted by atomic mass is 32.1. The minimum atomic E-state index is -0.497. The lowest BCUT2D eigenvalue weighted by Gasteiger charge is -2.17. The smallest absolute Gasteiger partial charge is 0.162 e. The first-order valence-electron chi connectivity index (χ1n) is 11.0. The quantitative estimate of drug-likeness (QED) is 0.324. The Morgan fingerprint density at radius 2 is 1.68 bits per heavy atom. The number of nitrogens with zero attached hydrogens (tertiary/aromatic N) is 3. The van der Waals surface area contributed by atoms with Gasteiger partial charge in [0.15, 0.2) is 11.5 Å². The average molecular weight is 473 g/mol. The van der Waals surface area contributed by atoms with Crippen LogP contribution >= 0.6 is 11.3 Å². The molecule has 7 heteroatoms. The summed E-state index contributed by atoms with van der Waals surface area (Å²) in [6, 6.07) is 18.7. The van der Waals surface area contributed by atoms with Gasteiger partial charge < -0.3 is 14.8 Å². The van der Waals surface area contributed by atoms with Crippen molar-refractivity contribution in [3.63, 3.8) is 0 Å². The van der Waals surface area contributed by atoms with E-state index in [1.807, 2.05) is 45.0 Å². The summed E-state index contributed by atoms with van der Waals surface area (Å²) in [6.07, 6.45) is 0. The molecule has 0 bridgehead atoms. The maximum atomic E-state index is 9.38. The van der Waals surface area contributed by atoms with Crippen LogP contribution in [0.15, 0.2) is 48.5 Å². The van der Waals surface area contributed by atoms with Gasteiger partial charge in [-0.25, -0.2) is 9.97 Å². The Balaban J connectivity index is 1.61. The second-order valence-electron chi connectivity index (χ2n) is 8.73. The van der Waals surface area contributed by atoms with Crippen LogP contribution in [0.3, 0.4) is 0 Å². The average Bonchev–Trinajstić information content (AvgIpc) is 3.34. The fourth-order valence-corrected chi connectivity index (χ4v) is 4.83. The molecule has 0 radical (unpaired) electrons. The van der Waals surface area contributed by atoms with Crippen molar-refractivity contribution in [1.82, 2.24) is 9.97 Å². The molecule has 2 aromatic carbocycles. The Kier molecular flexibility index (Phi) is 6.45. The van der Waals surface area contributed by atoms with E-state index in [-0.39, 0.29) is 6.04 Å². The van der Waals surface area contributed by atoms with E-state index in [2.05, 4.69) is 52.5 Å². The number of aromatic nitrogens is 2. The lowest BCUT2D eigenvalue weighted by atomic mass is 9.86. The van der Waals surface area contributed by atoms with Crippen LogP contribution < -0.4 is 14.8 Å². The molecule has 34 heavy (non-hydrogen) atoms. The predicted molar refractivity (Wildman–Crippen MR) is 138 cm³/mol. The zero-order valence-corrected chi connectivity index (χ0v) is 21.1. The van der Waals surface area contributed by atoms with Gasteiger partial charge in [-0.05, 0) is 57.0 Å². The Bertz CT molecular complexity index is 1370. The van der Waals surface area contributed by atoms with Gasteiger partial charge in [-0.2, -0.15) is 5.26 Å². The van der Waals surface area contributed by atoms with Crippen LogP contribution in [0.2, 0.25) is 0 Å². The molecule has 0 unspecified atom stereocenters. The molecule has 1 N–H and O–H groups in total. The van der Waals surface area contributed by atoms with E-state index in [9.17, 15) is 5.26 Å². The highest BCUT2D eigenvalue weighted by molar-refractivity contribution is 7.15. The maximum Gasteiger partial charge on any atom is 0.162 e. The van der Waals surface area contributed by atoms with E-state index in [1.165, 1.54) is 9.75 Å². The number of ether oxygens (including phenoxy) is 2. The Hall–Kier alpha value is -3.63. The molecule has 2 aromatic heterocycles. The molecule has 0 fully saturated rings. The van der Waals surface area contributed by atoms with Gasteiger partial charge in [-0.15, -0.1) is 11.3 Å². The summed E-state index contributed by atoms with van der Waals surface area (Å²) in [6.45, 7) is 7.87. The van der Waals surface area contributed by atoms with Gasteiger partial charge in [0.25, 0.3) is 0 Å². The Morgan fingerprint density at radius 3 is 2.32 bits per heavy atom. The van der Waals surface area contributed by atoms with Crippen LogP contribution in [0.4, 0.5) is 5.82 Å². The van der Waals surface area contributed by atoms with Crippen LogP contribution in [0.5, 0.6) is 11.5 Å². The predicted octanol–water partition coefficient (Wildman–Crippen LogP) is 6.66. The van der Waals surface area contributed by atoms with Crippen molar-refractivity contribution >= 4 is 28.1 Å². The van der Waals surface area contributed by atoms with E-state index >= 15 is 0 Å². The van der Waals surface area contributed by atoms with Crippen LogP contribution in [0.25, 0.3) is 21.3 Å². The standard InChI is InChI=1S/C27H28N4O2S/c1-16(24-11-12-25(34-24)18-7-9-19(10-8-18)27(3,4)15-28)29-26-20-13-22(32-5)23(33-6)14-21(20)30-17(2)31-26/h7-14,16H,1-6H3,(H,29,30,31)/t16-/m0/s1. The number of aryl methyl sites for hydroxylation is 1. The number of nitriles is 1. The lowest BCUT2D eigenvalue weighted by molar-refractivity contribution is 0.356. The third kappa shape index (κ3) is 4.55. The molecule has 0 amide bonds. The molecule has 2 heterocycles. The van der Waals surface area contributed by atoms with Crippen LogP contribution in [-0.4, -0.2) is 24.2 Å².